The van der Waals surface area contributed by atoms with Gasteiger partial charge in [-0.05, 0) is 56.0 Å². The lowest BCUT2D eigenvalue weighted by molar-refractivity contribution is -0.117. The Morgan fingerprint density at radius 3 is 2.65 bits per heavy atom. The molecule has 2 unspecified atom stereocenters. The lowest BCUT2D eigenvalue weighted by Gasteiger charge is -2.36. The van der Waals surface area contributed by atoms with Gasteiger partial charge in [0.2, 0.25) is 0 Å². The molecule has 1 amide bonds. The van der Waals surface area contributed by atoms with Gasteiger partial charge in [0.25, 0.3) is 5.91 Å². The number of hydrogen-bond acceptors (Lipinski definition) is 5. The Hall–Kier alpha value is -3.41. The number of rotatable bonds is 5. The molecule has 0 saturated carbocycles. The minimum absolute atomic E-state index is 0.0933. The van der Waals surface area contributed by atoms with Crippen LogP contribution in [0.5, 0.6) is 5.75 Å². The number of allylic oxidation sites excluding steroid dienone is 3. The zero-order chi connectivity index (χ0) is 22.0. The number of nitrogens with zero attached hydrogens (tertiary/aromatic N) is 1. The Kier molecular flexibility index (Phi) is 5.89. The molecule has 1 aliphatic heterocycles. The molecule has 4 rings (SSSR count). The highest BCUT2D eigenvalue weighted by Crippen LogP contribution is 2.43. The molecule has 2 heterocycles. The van der Waals surface area contributed by atoms with Crippen molar-refractivity contribution in [1.29, 1.82) is 0 Å². The lowest BCUT2D eigenvalue weighted by Crippen LogP contribution is -2.37. The van der Waals surface area contributed by atoms with Crippen LogP contribution in [0.2, 0.25) is 0 Å². The number of carbonyl (C=O) groups is 2. The standard InChI is InChI=1S/C25H27N3O3/c1-4-31-18-10-8-17(9-11-18)23-22(25(30)28-21-7-5-6-12-26-21)16(3)27-19-13-15(2)14-20(29)24(19)23/h5-12,15,23,27H,4,13-14H2,1-3H3,(H,26,28,30). The third-order valence-electron chi connectivity index (χ3n) is 5.71. The molecule has 2 atom stereocenters. The second kappa shape index (κ2) is 8.76. The summed E-state index contributed by atoms with van der Waals surface area (Å²) in [5.74, 6) is 0.906. The second-order valence-electron chi connectivity index (χ2n) is 8.10. The molecule has 2 aromatic rings. The number of amides is 1. The number of aromatic nitrogens is 1. The van der Waals surface area contributed by atoms with Crippen molar-refractivity contribution in [2.75, 3.05) is 11.9 Å². The molecule has 0 spiro atoms. The van der Waals surface area contributed by atoms with Crippen molar-refractivity contribution in [1.82, 2.24) is 10.3 Å². The molecule has 0 fully saturated rings. The average Bonchev–Trinajstić information content (AvgIpc) is 2.74. The summed E-state index contributed by atoms with van der Waals surface area (Å²) < 4.78 is 5.57. The summed E-state index contributed by atoms with van der Waals surface area (Å²) in [6, 6.07) is 13.0. The summed E-state index contributed by atoms with van der Waals surface area (Å²) in [5, 5.41) is 6.25. The Balaban J connectivity index is 1.77. The van der Waals surface area contributed by atoms with Crippen LogP contribution in [0.25, 0.3) is 0 Å². The van der Waals surface area contributed by atoms with Gasteiger partial charge < -0.3 is 15.4 Å². The number of pyridine rings is 1. The summed E-state index contributed by atoms with van der Waals surface area (Å²) in [4.78, 5) is 30.7. The van der Waals surface area contributed by atoms with E-state index in [0.717, 1.165) is 29.1 Å². The summed E-state index contributed by atoms with van der Waals surface area (Å²) >= 11 is 0. The first-order chi connectivity index (χ1) is 15.0. The SMILES string of the molecule is CCOc1ccc(C2C(C(=O)Nc3ccccn3)=C(C)NC3=C2C(=O)CC(C)C3)cc1. The van der Waals surface area contributed by atoms with Crippen LogP contribution in [-0.4, -0.2) is 23.3 Å². The van der Waals surface area contributed by atoms with Gasteiger partial charge in [0.1, 0.15) is 11.6 Å². The second-order valence-corrected chi connectivity index (χ2v) is 8.10. The van der Waals surface area contributed by atoms with E-state index in [4.69, 9.17) is 4.74 Å². The monoisotopic (exact) mass is 417 g/mol. The molecule has 1 aliphatic carbocycles. The van der Waals surface area contributed by atoms with E-state index in [-0.39, 0.29) is 17.6 Å². The first-order valence-corrected chi connectivity index (χ1v) is 10.7. The number of Topliss-reactive ketones (excluding diaryl/α,β-unsaturated/α-hetero) is 1. The highest BCUT2D eigenvalue weighted by Gasteiger charge is 2.39. The number of carbonyl (C=O) groups excluding carboxylic acids is 2. The van der Waals surface area contributed by atoms with E-state index in [1.807, 2.05) is 44.2 Å². The number of nitrogens with one attached hydrogen (secondary N) is 2. The van der Waals surface area contributed by atoms with E-state index in [1.54, 1.807) is 18.3 Å². The molecular weight excluding hydrogens is 390 g/mol. The fraction of sp³-hybridized carbons (Fsp3) is 0.320. The Labute approximate surface area is 182 Å². The number of hydrogen-bond donors (Lipinski definition) is 2. The molecule has 160 valence electrons. The molecule has 6 heteroatoms. The number of dihydropyridines is 1. The zero-order valence-electron chi connectivity index (χ0n) is 18.1. The van der Waals surface area contributed by atoms with E-state index in [1.165, 1.54) is 0 Å². The van der Waals surface area contributed by atoms with Crippen LogP contribution in [0.15, 0.2) is 71.2 Å². The summed E-state index contributed by atoms with van der Waals surface area (Å²) in [7, 11) is 0. The van der Waals surface area contributed by atoms with Gasteiger partial charge in [-0.15, -0.1) is 0 Å². The predicted octanol–water partition coefficient (Wildman–Crippen LogP) is 4.33. The molecule has 2 N–H and O–H groups in total. The Morgan fingerprint density at radius 2 is 1.97 bits per heavy atom. The van der Waals surface area contributed by atoms with Gasteiger partial charge in [-0.25, -0.2) is 4.98 Å². The normalized spacial score (nSPS) is 20.8. The van der Waals surface area contributed by atoms with Gasteiger partial charge in [0.05, 0.1) is 6.61 Å². The Morgan fingerprint density at radius 1 is 1.19 bits per heavy atom. The van der Waals surface area contributed by atoms with E-state index in [9.17, 15) is 9.59 Å². The molecule has 31 heavy (non-hydrogen) atoms. The molecular formula is C25H27N3O3. The van der Waals surface area contributed by atoms with Crippen molar-refractivity contribution in [3.05, 3.63) is 76.8 Å². The van der Waals surface area contributed by atoms with Crippen molar-refractivity contribution in [3.8, 4) is 5.75 Å². The third kappa shape index (κ3) is 4.24. The van der Waals surface area contributed by atoms with Crippen molar-refractivity contribution in [2.45, 2.75) is 39.5 Å². The molecule has 6 nitrogen and oxygen atoms in total. The van der Waals surface area contributed by atoms with Crippen LogP contribution in [0.3, 0.4) is 0 Å². The molecule has 2 aliphatic rings. The maximum absolute atomic E-state index is 13.4. The van der Waals surface area contributed by atoms with Crippen molar-refractivity contribution >= 4 is 17.5 Å². The van der Waals surface area contributed by atoms with Gasteiger partial charge in [-0.2, -0.15) is 0 Å². The first kappa shape index (κ1) is 20.8. The highest BCUT2D eigenvalue weighted by atomic mass is 16.5. The number of benzene rings is 1. The molecule has 1 aromatic heterocycles. The largest absolute Gasteiger partial charge is 0.494 e. The maximum Gasteiger partial charge on any atom is 0.255 e. The molecule has 1 aromatic carbocycles. The van der Waals surface area contributed by atoms with Crippen molar-refractivity contribution in [2.24, 2.45) is 5.92 Å². The molecule has 0 bridgehead atoms. The van der Waals surface area contributed by atoms with E-state index >= 15 is 0 Å². The van der Waals surface area contributed by atoms with Gasteiger partial charge in [-0.3, -0.25) is 9.59 Å². The van der Waals surface area contributed by atoms with E-state index in [0.29, 0.717) is 30.0 Å². The summed E-state index contributed by atoms with van der Waals surface area (Å²) in [6.45, 7) is 6.49. The maximum atomic E-state index is 13.4. The molecule has 0 radical (unpaired) electrons. The molecule has 0 saturated heterocycles. The van der Waals surface area contributed by atoms with Gasteiger partial charge in [0, 0.05) is 41.1 Å². The number of ketones is 1. The van der Waals surface area contributed by atoms with Gasteiger partial charge in [0.15, 0.2) is 5.78 Å². The first-order valence-electron chi connectivity index (χ1n) is 10.7. The lowest BCUT2D eigenvalue weighted by atomic mass is 9.73. The topological polar surface area (TPSA) is 80.3 Å². The van der Waals surface area contributed by atoms with E-state index in [2.05, 4.69) is 22.5 Å². The number of anilines is 1. The Bertz CT molecular complexity index is 1060. The smallest absolute Gasteiger partial charge is 0.255 e. The fourth-order valence-electron chi connectivity index (χ4n) is 4.41. The van der Waals surface area contributed by atoms with Crippen molar-refractivity contribution in [3.63, 3.8) is 0 Å². The van der Waals surface area contributed by atoms with E-state index < -0.39 is 5.92 Å². The predicted molar refractivity (Wildman–Crippen MR) is 119 cm³/mol. The number of ether oxygens (including phenoxy) is 1. The summed E-state index contributed by atoms with van der Waals surface area (Å²) in [5.41, 5.74) is 3.81. The van der Waals surface area contributed by atoms with Crippen LogP contribution in [-0.2, 0) is 9.59 Å². The fourth-order valence-corrected chi connectivity index (χ4v) is 4.41. The van der Waals surface area contributed by atoms with Crippen LogP contribution < -0.4 is 15.4 Å². The van der Waals surface area contributed by atoms with Crippen LogP contribution in [0.4, 0.5) is 5.82 Å². The summed E-state index contributed by atoms with van der Waals surface area (Å²) in [6.07, 6.45) is 2.91. The minimum Gasteiger partial charge on any atom is -0.494 e. The van der Waals surface area contributed by atoms with Crippen LogP contribution in [0.1, 0.15) is 45.1 Å². The quantitative estimate of drug-likeness (QED) is 0.757. The average molecular weight is 418 g/mol. The van der Waals surface area contributed by atoms with Crippen LogP contribution in [0, 0.1) is 5.92 Å². The third-order valence-corrected chi connectivity index (χ3v) is 5.71. The van der Waals surface area contributed by atoms with Gasteiger partial charge >= 0.3 is 0 Å². The van der Waals surface area contributed by atoms with Gasteiger partial charge in [-0.1, -0.05) is 25.1 Å². The van der Waals surface area contributed by atoms with Crippen molar-refractivity contribution < 1.29 is 14.3 Å². The minimum atomic E-state index is -0.435. The van der Waals surface area contributed by atoms with Crippen LogP contribution >= 0.6 is 0 Å². The zero-order valence-corrected chi connectivity index (χ0v) is 18.1. The highest BCUT2D eigenvalue weighted by molar-refractivity contribution is 6.09.